The topological polar surface area (TPSA) is 74.8 Å². The van der Waals surface area contributed by atoms with Gasteiger partial charge in [-0.3, -0.25) is 9.59 Å². The van der Waals surface area contributed by atoms with Crippen LogP contribution < -0.4 is 10.9 Å². The van der Waals surface area contributed by atoms with E-state index in [2.05, 4.69) is 33.5 Å². The van der Waals surface area contributed by atoms with Gasteiger partial charge in [0.05, 0.1) is 22.4 Å². The van der Waals surface area contributed by atoms with Crippen LogP contribution in [-0.4, -0.2) is 21.1 Å². The first-order valence-corrected chi connectivity index (χ1v) is 11.8. The average Bonchev–Trinajstić information content (AvgIpc) is 3.00. The van der Waals surface area contributed by atoms with E-state index in [1.165, 1.54) is 22.9 Å². The van der Waals surface area contributed by atoms with E-state index >= 15 is 0 Å². The number of aromatic amines is 1. The minimum atomic E-state index is -0.225. The number of thioether (sulfide) groups is 1. The summed E-state index contributed by atoms with van der Waals surface area (Å²) in [6, 6.07) is 8.45. The van der Waals surface area contributed by atoms with Crippen molar-refractivity contribution >= 4 is 39.2 Å². The lowest BCUT2D eigenvalue weighted by Crippen LogP contribution is -2.36. The molecule has 4 rings (SSSR count). The fraction of sp³-hybridized carbons (Fsp3) is 0.409. The number of hydrogen-bond acceptors (Lipinski definition) is 5. The Hall–Kier alpha value is -2.12. The Labute approximate surface area is 178 Å². The molecule has 29 heavy (non-hydrogen) atoms. The van der Waals surface area contributed by atoms with Crippen molar-refractivity contribution in [2.75, 3.05) is 0 Å². The molecule has 1 amide bonds. The van der Waals surface area contributed by atoms with Crippen LogP contribution in [0.25, 0.3) is 10.2 Å². The maximum atomic E-state index is 12.7. The molecule has 7 heteroatoms. The van der Waals surface area contributed by atoms with E-state index in [4.69, 9.17) is 0 Å². The smallest absolute Gasteiger partial charge is 0.259 e. The predicted octanol–water partition coefficient (Wildman–Crippen LogP) is 4.42. The van der Waals surface area contributed by atoms with Crippen LogP contribution in [0, 0.1) is 13.8 Å². The van der Waals surface area contributed by atoms with Crippen molar-refractivity contribution in [3.05, 3.63) is 62.0 Å². The molecule has 152 valence electrons. The lowest BCUT2D eigenvalue weighted by atomic mass is 9.88. The summed E-state index contributed by atoms with van der Waals surface area (Å²) in [6.45, 7) is 5.87. The van der Waals surface area contributed by atoms with E-state index in [-0.39, 0.29) is 22.8 Å². The molecular formula is C22H25N3O2S2. The zero-order valence-electron chi connectivity index (χ0n) is 16.9. The summed E-state index contributed by atoms with van der Waals surface area (Å²) in [5.74, 6) is 1.15. The number of thiophene rings is 1. The largest absolute Gasteiger partial charge is 0.348 e. The number of rotatable bonds is 5. The molecule has 2 aromatic heterocycles. The minimum Gasteiger partial charge on any atom is -0.348 e. The molecule has 5 nitrogen and oxygen atoms in total. The van der Waals surface area contributed by atoms with Crippen molar-refractivity contribution in [1.82, 2.24) is 15.3 Å². The third-order valence-electron chi connectivity index (χ3n) is 5.61. The molecule has 0 radical (unpaired) electrons. The summed E-state index contributed by atoms with van der Waals surface area (Å²) >= 11 is 3.04. The molecule has 3 aromatic rings. The number of nitrogens with zero attached hydrogens (tertiary/aromatic N) is 1. The van der Waals surface area contributed by atoms with Crippen LogP contribution in [0.2, 0.25) is 0 Å². The zero-order valence-corrected chi connectivity index (χ0v) is 18.5. The van der Waals surface area contributed by atoms with E-state index in [0.717, 1.165) is 34.5 Å². The van der Waals surface area contributed by atoms with Gasteiger partial charge >= 0.3 is 0 Å². The van der Waals surface area contributed by atoms with E-state index in [0.29, 0.717) is 17.0 Å². The summed E-state index contributed by atoms with van der Waals surface area (Å²) in [7, 11) is 0. The summed E-state index contributed by atoms with van der Waals surface area (Å²) < 4.78 is 0. The number of benzene rings is 1. The highest BCUT2D eigenvalue weighted by atomic mass is 32.2. The van der Waals surface area contributed by atoms with Crippen LogP contribution in [0.3, 0.4) is 0 Å². The predicted molar refractivity (Wildman–Crippen MR) is 121 cm³/mol. The van der Waals surface area contributed by atoms with Gasteiger partial charge in [0, 0.05) is 4.88 Å². The van der Waals surface area contributed by atoms with Crippen LogP contribution in [0.15, 0.2) is 29.1 Å². The lowest BCUT2D eigenvalue weighted by Gasteiger charge is -2.27. The number of fused-ring (bicyclic) bond motifs is 2. The molecule has 0 aliphatic heterocycles. The fourth-order valence-corrected chi connectivity index (χ4v) is 5.65. The van der Waals surface area contributed by atoms with Gasteiger partial charge in [0.25, 0.3) is 5.56 Å². The third-order valence-corrected chi connectivity index (χ3v) is 7.87. The summed E-state index contributed by atoms with van der Waals surface area (Å²) in [5, 5.41) is 3.67. The monoisotopic (exact) mass is 427 g/mol. The molecule has 1 aliphatic carbocycles. The SMILES string of the molecule is Cc1sc2nc(CS[C@@H](C)C(=O)N[C@H]3CCCc4ccccc43)[nH]c(=O)c2c1C. The number of carbonyl (C=O) groups excluding carboxylic acids is 1. The van der Waals surface area contributed by atoms with Crippen LogP contribution >= 0.6 is 23.1 Å². The van der Waals surface area contributed by atoms with E-state index in [1.807, 2.05) is 26.8 Å². The molecule has 1 aromatic carbocycles. The third kappa shape index (κ3) is 4.12. The van der Waals surface area contributed by atoms with Gasteiger partial charge in [0.1, 0.15) is 10.7 Å². The highest BCUT2D eigenvalue weighted by molar-refractivity contribution is 7.99. The Morgan fingerprint density at radius 1 is 1.38 bits per heavy atom. The first kappa shape index (κ1) is 20.2. The Balaban J connectivity index is 1.41. The van der Waals surface area contributed by atoms with Gasteiger partial charge in [0.2, 0.25) is 5.91 Å². The van der Waals surface area contributed by atoms with Gasteiger partial charge in [-0.2, -0.15) is 0 Å². The molecule has 2 N–H and O–H groups in total. The minimum absolute atomic E-state index is 0.0305. The Kier molecular flexibility index (Phi) is 5.79. The molecule has 0 saturated heterocycles. The first-order valence-electron chi connectivity index (χ1n) is 9.92. The van der Waals surface area contributed by atoms with Crippen LogP contribution in [0.5, 0.6) is 0 Å². The summed E-state index contributed by atoms with van der Waals surface area (Å²) in [5.41, 5.74) is 3.48. The molecule has 0 fully saturated rings. The quantitative estimate of drug-likeness (QED) is 0.632. The Morgan fingerprint density at radius 2 is 2.17 bits per heavy atom. The van der Waals surface area contributed by atoms with Crippen molar-refractivity contribution in [3.63, 3.8) is 0 Å². The van der Waals surface area contributed by atoms with Crippen LogP contribution in [-0.2, 0) is 17.0 Å². The summed E-state index contributed by atoms with van der Waals surface area (Å²) in [6.07, 6.45) is 3.15. The maximum absolute atomic E-state index is 12.7. The molecular weight excluding hydrogens is 402 g/mol. The Bertz CT molecular complexity index is 1120. The molecule has 0 saturated carbocycles. The van der Waals surface area contributed by atoms with Gasteiger partial charge in [-0.15, -0.1) is 23.1 Å². The fourth-order valence-electron chi connectivity index (χ4n) is 3.84. The van der Waals surface area contributed by atoms with Crippen molar-refractivity contribution < 1.29 is 4.79 Å². The number of H-pyrrole nitrogens is 1. The molecule has 0 unspecified atom stereocenters. The van der Waals surface area contributed by atoms with Crippen molar-refractivity contribution in [3.8, 4) is 0 Å². The van der Waals surface area contributed by atoms with Crippen LogP contribution in [0.1, 0.15) is 53.2 Å². The summed E-state index contributed by atoms with van der Waals surface area (Å²) in [4.78, 5) is 34.5. The van der Waals surface area contributed by atoms with Gasteiger partial charge in [0.15, 0.2) is 0 Å². The number of amides is 1. The Morgan fingerprint density at radius 3 is 3.00 bits per heavy atom. The molecule has 2 atom stereocenters. The first-order chi connectivity index (χ1) is 13.9. The second-order valence-corrected chi connectivity index (χ2v) is 10.1. The lowest BCUT2D eigenvalue weighted by molar-refractivity contribution is -0.121. The highest BCUT2D eigenvalue weighted by Crippen LogP contribution is 2.30. The van der Waals surface area contributed by atoms with Gasteiger partial charge in [-0.25, -0.2) is 4.98 Å². The second-order valence-electron chi connectivity index (χ2n) is 7.58. The number of carbonyl (C=O) groups is 1. The van der Waals surface area contributed by atoms with E-state index < -0.39 is 0 Å². The molecule has 0 spiro atoms. The normalized spacial score (nSPS) is 17.1. The standard InChI is InChI=1S/C22H25N3O2S2/c1-12-13(2)29-22-19(12)21(27)24-18(25-22)11-28-14(3)20(26)23-17-10-6-8-15-7-4-5-9-16(15)17/h4-5,7,9,14,17H,6,8,10-11H2,1-3H3,(H,23,26)(H,24,25,27)/t14-,17-/m0/s1. The van der Waals surface area contributed by atoms with Gasteiger partial charge < -0.3 is 10.3 Å². The van der Waals surface area contributed by atoms with Crippen molar-refractivity contribution in [2.24, 2.45) is 0 Å². The van der Waals surface area contributed by atoms with Gasteiger partial charge in [-0.05, 0) is 56.7 Å². The highest BCUT2D eigenvalue weighted by Gasteiger charge is 2.24. The zero-order chi connectivity index (χ0) is 20.5. The molecule has 0 bridgehead atoms. The number of nitrogens with one attached hydrogen (secondary N) is 2. The van der Waals surface area contributed by atoms with Crippen LogP contribution in [0.4, 0.5) is 0 Å². The van der Waals surface area contributed by atoms with Crippen molar-refractivity contribution in [2.45, 2.75) is 57.1 Å². The van der Waals surface area contributed by atoms with E-state index in [9.17, 15) is 9.59 Å². The number of aromatic nitrogens is 2. The molecule has 2 heterocycles. The maximum Gasteiger partial charge on any atom is 0.259 e. The second kappa shape index (κ2) is 8.32. The molecule has 1 aliphatic rings. The number of hydrogen-bond donors (Lipinski definition) is 2. The average molecular weight is 428 g/mol. The van der Waals surface area contributed by atoms with Gasteiger partial charge in [-0.1, -0.05) is 24.3 Å². The van der Waals surface area contributed by atoms with E-state index in [1.54, 1.807) is 11.3 Å². The number of aryl methyl sites for hydroxylation is 3. The van der Waals surface area contributed by atoms with Crippen molar-refractivity contribution in [1.29, 1.82) is 0 Å².